The zero-order valence-corrected chi connectivity index (χ0v) is 10.5. The van der Waals surface area contributed by atoms with E-state index in [1.807, 2.05) is 42.5 Å². The highest BCUT2D eigenvalue weighted by molar-refractivity contribution is 6.50. The van der Waals surface area contributed by atoms with Crippen LogP contribution in [0.5, 0.6) is 0 Å². The highest BCUT2D eigenvalue weighted by Gasteiger charge is 2.31. The Morgan fingerprint density at radius 3 is 2.35 bits per heavy atom. The fourth-order valence-electron chi connectivity index (χ4n) is 2.18. The van der Waals surface area contributed by atoms with E-state index in [0.29, 0.717) is 0 Å². The van der Waals surface area contributed by atoms with Crippen LogP contribution < -0.4 is 0 Å². The minimum absolute atomic E-state index is 0.889. The monoisotopic (exact) mass is 260 g/mol. The molecule has 2 heteroatoms. The van der Waals surface area contributed by atoms with Gasteiger partial charge in [0.2, 0.25) is 0 Å². The molecule has 0 aliphatic heterocycles. The quantitative estimate of drug-likeness (QED) is 0.633. The fraction of sp³-hybridized carbons (Fsp3) is 0.0667. The number of hydrogen-bond donors (Lipinski definition) is 0. The van der Waals surface area contributed by atoms with Crippen molar-refractivity contribution in [2.24, 2.45) is 0 Å². The molecule has 0 unspecified atom stereocenters. The van der Waals surface area contributed by atoms with E-state index < -0.39 is 4.33 Å². The molecule has 0 aromatic heterocycles. The van der Waals surface area contributed by atoms with Gasteiger partial charge in [-0.15, -0.1) is 0 Å². The first-order chi connectivity index (χ1) is 8.18. The largest absolute Gasteiger partial charge is 0.162 e. The third kappa shape index (κ3) is 1.78. The fourth-order valence-corrected chi connectivity index (χ4v) is 2.64. The van der Waals surface area contributed by atoms with Crippen molar-refractivity contribution >= 4 is 29.3 Å². The van der Waals surface area contributed by atoms with Crippen LogP contribution in [0.1, 0.15) is 11.1 Å². The van der Waals surface area contributed by atoms with Crippen LogP contribution in [0.15, 0.2) is 54.6 Å². The average Bonchev–Trinajstić information content (AvgIpc) is 2.67. The Kier molecular flexibility index (Phi) is 2.50. The van der Waals surface area contributed by atoms with Crippen LogP contribution in [0, 0.1) is 0 Å². The lowest BCUT2D eigenvalue weighted by Gasteiger charge is -2.14. The number of alkyl halides is 2. The van der Waals surface area contributed by atoms with E-state index in [4.69, 9.17) is 23.2 Å². The molecular weight excluding hydrogens is 251 g/mol. The van der Waals surface area contributed by atoms with Gasteiger partial charge in [-0.1, -0.05) is 77.8 Å². The summed E-state index contributed by atoms with van der Waals surface area (Å²) in [7, 11) is 0. The number of halogens is 2. The Hall–Kier alpha value is -1.24. The van der Waals surface area contributed by atoms with E-state index in [1.54, 1.807) is 0 Å². The van der Waals surface area contributed by atoms with Crippen molar-refractivity contribution in [3.8, 4) is 11.1 Å². The molecule has 0 atom stereocenters. The third-order valence-corrected chi connectivity index (χ3v) is 3.67. The van der Waals surface area contributed by atoms with Crippen molar-refractivity contribution in [1.82, 2.24) is 0 Å². The molecule has 2 aromatic rings. The van der Waals surface area contributed by atoms with Crippen molar-refractivity contribution in [3.05, 3.63) is 65.7 Å². The smallest absolute Gasteiger partial charge is 0.0916 e. The summed E-state index contributed by atoms with van der Waals surface area (Å²) >= 11 is 12.5. The van der Waals surface area contributed by atoms with E-state index in [2.05, 4.69) is 18.2 Å². The number of benzene rings is 2. The lowest BCUT2D eigenvalue weighted by atomic mass is 9.97. The first-order valence-electron chi connectivity index (χ1n) is 5.44. The van der Waals surface area contributed by atoms with Gasteiger partial charge < -0.3 is 0 Å². The molecule has 0 radical (unpaired) electrons. The first kappa shape index (κ1) is 10.9. The zero-order valence-electron chi connectivity index (χ0n) is 9.03. The second-order valence-electron chi connectivity index (χ2n) is 4.09. The molecule has 0 spiro atoms. The molecule has 0 heterocycles. The Bertz CT molecular complexity index is 583. The molecule has 0 N–H and O–H groups in total. The van der Waals surface area contributed by atoms with Gasteiger partial charge in [-0.05, 0) is 28.3 Å². The predicted octanol–water partition coefficient (Wildman–Crippen LogP) is 5.01. The number of rotatable bonds is 1. The predicted molar refractivity (Wildman–Crippen MR) is 74.3 cm³/mol. The summed E-state index contributed by atoms with van der Waals surface area (Å²) < 4.78 is -0.889. The lowest BCUT2D eigenvalue weighted by Crippen LogP contribution is -2.03. The lowest BCUT2D eigenvalue weighted by molar-refractivity contribution is 1.13. The van der Waals surface area contributed by atoms with E-state index in [-0.39, 0.29) is 0 Å². The molecule has 0 amide bonds. The van der Waals surface area contributed by atoms with Gasteiger partial charge >= 0.3 is 0 Å². The molecule has 0 saturated carbocycles. The summed E-state index contributed by atoms with van der Waals surface area (Å²) in [6.45, 7) is 0. The van der Waals surface area contributed by atoms with Crippen LogP contribution in [0.2, 0.25) is 0 Å². The standard InChI is InChI=1S/C15H10Cl2/c16-15(17)10-9-13-12(7-4-8-14(13)15)11-5-2-1-3-6-11/h1-10H. The molecule has 84 valence electrons. The van der Waals surface area contributed by atoms with Gasteiger partial charge in [-0.3, -0.25) is 0 Å². The average molecular weight is 261 g/mol. The summed E-state index contributed by atoms with van der Waals surface area (Å²) in [6.07, 6.45) is 3.82. The molecule has 0 saturated heterocycles. The molecule has 1 aliphatic carbocycles. The SMILES string of the molecule is ClC1(Cl)C=Cc2c(-c3ccccc3)cccc21. The summed E-state index contributed by atoms with van der Waals surface area (Å²) in [6, 6.07) is 16.3. The normalized spacial score (nSPS) is 15.9. The van der Waals surface area contributed by atoms with Crippen LogP contribution in [0.25, 0.3) is 17.2 Å². The van der Waals surface area contributed by atoms with Gasteiger partial charge in [0.25, 0.3) is 0 Å². The summed E-state index contributed by atoms with van der Waals surface area (Å²) in [4.78, 5) is 0. The summed E-state index contributed by atoms with van der Waals surface area (Å²) in [5.41, 5.74) is 4.42. The molecule has 3 rings (SSSR count). The molecule has 2 aromatic carbocycles. The molecule has 17 heavy (non-hydrogen) atoms. The topological polar surface area (TPSA) is 0 Å². The van der Waals surface area contributed by atoms with Gasteiger partial charge in [-0.2, -0.15) is 0 Å². The molecule has 0 bridgehead atoms. The number of allylic oxidation sites excluding steroid dienone is 1. The Morgan fingerprint density at radius 2 is 1.59 bits per heavy atom. The molecular formula is C15H10Cl2. The maximum Gasteiger partial charge on any atom is 0.162 e. The minimum Gasteiger partial charge on any atom is -0.0916 e. The van der Waals surface area contributed by atoms with Gasteiger partial charge in [0.15, 0.2) is 4.33 Å². The van der Waals surface area contributed by atoms with Gasteiger partial charge in [-0.25, -0.2) is 0 Å². The maximum atomic E-state index is 6.24. The van der Waals surface area contributed by atoms with Gasteiger partial charge in [0, 0.05) is 0 Å². The van der Waals surface area contributed by atoms with Gasteiger partial charge in [0.1, 0.15) is 0 Å². The first-order valence-corrected chi connectivity index (χ1v) is 6.20. The highest BCUT2D eigenvalue weighted by atomic mass is 35.5. The van der Waals surface area contributed by atoms with E-state index in [1.165, 1.54) is 11.1 Å². The van der Waals surface area contributed by atoms with Crippen LogP contribution in [0.4, 0.5) is 0 Å². The Labute approximate surface area is 110 Å². The zero-order chi connectivity index (χ0) is 11.9. The molecule has 0 fully saturated rings. The number of fused-ring (bicyclic) bond motifs is 1. The van der Waals surface area contributed by atoms with Gasteiger partial charge in [0.05, 0.1) is 0 Å². The molecule has 1 aliphatic rings. The second kappa shape index (κ2) is 3.90. The number of hydrogen-bond acceptors (Lipinski definition) is 0. The van der Waals surface area contributed by atoms with Crippen molar-refractivity contribution < 1.29 is 0 Å². The van der Waals surface area contributed by atoms with Crippen molar-refractivity contribution in [2.45, 2.75) is 4.33 Å². The van der Waals surface area contributed by atoms with E-state index >= 15 is 0 Å². The van der Waals surface area contributed by atoms with Crippen LogP contribution in [0.3, 0.4) is 0 Å². The summed E-state index contributed by atoms with van der Waals surface area (Å²) in [5.74, 6) is 0. The Morgan fingerprint density at radius 1 is 0.824 bits per heavy atom. The summed E-state index contributed by atoms with van der Waals surface area (Å²) in [5, 5.41) is 0. The molecule has 0 nitrogen and oxygen atoms in total. The van der Waals surface area contributed by atoms with Crippen LogP contribution in [-0.2, 0) is 4.33 Å². The Balaban J connectivity index is 2.22. The van der Waals surface area contributed by atoms with E-state index in [9.17, 15) is 0 Å². The van der Waals surface area contributed by atoms with E-state index in [0.717, 1.165) is 11.1 Å². The van der Waals surface area contributed by atoms with Crippen molar-refractivity contribution in [1.29, 1.82) is 0 Å². The van der Waals surface area contributed by atoms with Crippen molar-refractivity contribution in [2.75, 3.05) is 0 Å². The van der Waals surface area contributed by atoms with Crippen molar-refractivity contribution in [3.63, 3.8) is 0 Å². The minimum atomic E-state index is -0.889. The second-order valence-corrected chi connectivity index (χ2v) is 5.47. The third-order valence-electron chi connectivity index (χ3n) is 3.01. The van der Waals surface area contributed by atoms with Crippen LogP contribution >= 0.6 is 23.2 Å². The highest BCUT2D eigenvalue weighted by Crippen LogP contribution is 2.45. The van der Waals surface area contributed by atoms with Crippen LogP contribution in [-0.4, -0.2) is 0 Å². The maximum absolute atomic E-state index is 6.24.